The molecule has 1 aliphatic heterocycles. The lowest BCUT2D eigenvalue weighted by Gasteiger charge is -2.28. The van der Waals surface area contributed by atoms with Crippen LogP contribution in [0.25, 0.3) is 0 Å². The van der Waals surface area contributed by atoms with Gasteiger partial charge in [-0.3, -0.25) is 4.79 Å². The number of amides is 3. The molecule has 14 heteroatoms. The van der Waals surface area contributed by atoms with Crippen LogP contribution >= 0.6 is 38.5 Å². The zero-order chi connectivity index (χ0) is 29.2. The average molecular weight is 726 g/mol. The number of benzene rings is 2. The van der Waals surface area contributed by atoms with Gasteiger partial charge in [0.25, 0.3) is 5.91 Å². The van der Waals surface area contributed by atoms with Crippen molar-refractivity contribution < 1.29 is 33.3 Å². The monoisotopic (exact) mass is 725 g/mol. The Morgan fingerprint density at radius 3 is 2.70 bits per heavy atom. The van der Waals surface area contributed by atoms with Crippen molar-refractivity contribution in [2.45, 2.75) is 19.9 Å². The zero-order valence-electron chi connectivity index (χ0n) is 21.7. The molecule has 0 radical (unpaired) electrons. The molecule has 0 fully saturated rings. The Morgan fingerprint density at radius 2 is 2.02 bits per heavy atom. The Morgan fingerprint density at radius 1 is 1.25 bits per heavy atom. The molecule has 0 bridgehead atoms. The Balaban J connectivity index is 1.66. The first-order chi connectivity index (χ1) is 19.2. The number of nitriles is 1. The lowest BCUT2D eigenvalue weighted by atomic mass is 9.95. The van der Waals surface area contributed by atoms with Gasteiger partial charge in [-0.15, -0.1) is 0 Å². The molecule has 1 atom stereocenters. The summed E-state index contributed by atoms with van der Waals surface area (Å²) in [5.41, 5.74) is 4.28. The number of esters is 1. The number of hydrazone groups is 1. The first-order valence-electron chi connectivity index (χ1n) is 11.7. The van der Waals surface area contributed by atoms with E-state index in [0.717, 1.165) is 3.57 Å². The summed E-state index contributed by atoms with van der Waals surface area (Å²) in [4.78, 5) is 37.0. The van der Waals surface area contributed by atoms with Crippen molar-refractivity contribution in [1.82, 2.24) is 16.1 Å². The molecule has 0 saturated carbocycles. The maximum atomic E-state index is 12.6. The number of allylic oxidation sites excluding steroid dienone is 1. The van der Waals surface area contributed by atoms with Crippen LogP contribution in [-0.2, 0) is 14.3 Å². The van der Waals surface area contributed by atoms with Crippen molar-refractivity contribution >= 4 is 62.6 Å². The highest BCUT2D eigenvalue weighted by Crippen LogP contribution is 2.35. The summed E-state index contributed by atoms with van der Waals surface area (Å²) in [7, 11) is 1.43. The summed E-state index contributed by atoms with van der Waals surface area (Å²) in [6.45, 7) is 3.06. The maximum absolute atomic E-state index is 12.6. The lowest BCUT2D eigenvalue weighted by molar-refractivity contribution is -0.139. The first-order valence-corrected chi connectivity index (χ1v) is 13.6. The summed E-state index contributed by atoms with van der Waals surface area (Å²) in [6, 6.07) is 9.04. The Labute approximate surface area is 252 Å². The van der Waals surface area contributed by atoms with Crippen molar-refractivity contribution in [3.63, 3.8) is 0 Å². The molecule has 0 unspecified atom stereocenters. The molecule has 1 aliphatic rings. The number of nitrogens with zero attached hydrogens (tertiary/aromatic N) is 2. The number of nitrogens with one attached hydrogen (secondary N) is 3. The number of hydrogen-bond donors (Lipinski definition) is 3. The molecule has 3 N–H and O–H groups in total. The summed E-state index contributed by atoms with van der Waals surface area (Å²) < 4.78 is 23.0. The minimum atomic E-state index is -0.775. The fourth-order valence-corrected chi connectivity index (χ4v) is 5.43. The first kappa shape index (κ1) is 30.7. The SMILES string of the molecule is CCOC(=O)C1=C(C)NC(=O)N[C@@H]1c1ccc(OCC(=O)N/N=C\c2cc(Br)c(OCC#N)c(I)c2)c(OC)c1. The fraction of sp³-hybridized carbons (Fsp3) is 0.269. The standard InChI is InChI=1S/C26H25BrIN5O7/c1-4-38-25(35)22-14(2)31-26(36)32-23(22)16-5-6-19(20(11-16)37-3)40-13-21(34)33-30-12-15-9-17(27)24(18(28)10-15)39-8-7-29/h5-6,9-12,23H,4,8,13H2,1-3H3,(H,33,34)(H2,31,32,36)/b30-12-/t23-/m1/s1. The molecule has 0 saturated heterocycles. The third kappa shape index (κ3) is 7.85. The normalized spacial score (nSPS) is 14.6. The van der Waals surface area contributed by atoms with Crippen LogP contribution in [0.4, 0.5) is 4.79 Å². The number of rotatable bonds is 11. The van der Waals surface area contributed by atoms with Gasteiger partial charge in [-0.2, -0.15) is 10.4 Å². The van der Waals surface area contributed by atoms with Crippen molar-refractivity contribution in [3.8, 4) is 23.3 Å². The van der Waals surface area contributed by atoms with Gasteiger partial charge in [0, 0.05) is 5.70 Å². The van der Waals surface area contributed by atoms with Gasteiger partial charge in [-0.05, 0) is 87.8 Å². The highest BCUT2D eigenvalue weighted by Gasteiger charge is 2.32. The summed E-state index contributed by atoms with van der Waals surface area (Å²) >= 11 is 5.47. The molecule has 2 aromatic rings. The van der Waals surface area contributed by atoms with E-state index in [-0.39, 0.29) is 31.1 Å². The van der Waals surface area contributed by atoms with Crippen LogP contribution in [-0.4, -0.2) is 51.1 Å². The van der Waals surface area contributed by atoms with Crippen LogP contribution in [0.1, 0.15) is 31.0 Å². The van der Waals surface area contributed by atoms with E-state index in [9.17, 15) is 14.4 Å². The molecule has 2 aromatic carbocycles. The van der Waals surface area contributed by atoms with E-state index < -0.39 is 23.9 Å². The van der Waals surface area contributed by atoms with Gasteiger partial charge in [0.05, 0.1) is 39.6 Å². The van der Waals surface area contributed by atoms with Gasteiger partial charge in [-0.1, -0.05) is 6.07 Å². The van der Waals surface area contributed by atoms with Gasteiger partial charge in [0.1, 0.15) is 11.8 Å². The molecule has 40 heavy (non-hydrogen) atoms. The van der Waals surface area contributed by atoms with Crippen molar-refractivity contribution in [3.05, 3.63) is 60.8 Å². The number of urea groups is 1. The quantitative estimate of drug-likeness (QED) is 0.137. The summed E-state index contributed by atoms with van der Waals surface area (Å²) in [5, 5.41) is 18.0. The van der Waals surface area contributed by atoms with Crippen LogP contribution in [0.3, 0.4) is 0 Å². The summed E-state index contributed by atoms with van der Waals surface area (Å²) in [6.07, 6.45) is 1.46. The van der Waals surface area contributed by atoms with E-state index in [1.165, 1.54) is 13.3 Å². The topological polar surface area (TPSA) is 160 Å². The Bertz CT molecular complexity index is 1380. The molecule has 0 aromatic heterocycles. The maximum Gasteiger partial charge on any atom is 0.338 e. The van der Waals surface area contributed by atoms with Crippen LogP contribution in [0, 0.1) is 14.9 Å². The van der Waals surface area contributed by atoms with Crippen LogP contribution in [0.2, 0.25) is 0 Å². The Hall–Kier alpha value is -3.84. The minimum absolute atomic E-state index is 0.0778. The smallest absolute Gasteiger partial charge is 0.338 e. The molecule has 3 amide bonds. The second-order valence-electron chi connectivity index (χ2n) is 8.04. The van der Waals surface area contributed by atoms with E-state index in [0.29, 0.717) is 32.8 Å². The molecule has 0 spiro atoms. The molecular weight excluding hydrogens is 701 g/mol. The van der Waals surface area contributed by atoms with Crippen molar-refractivity contribution in [2.75, 3.05) is 26.9 Å². The molecule has 1 heterocycles. The second kappa shape index (κ2) is 14.5. The highest BCUT2D eigenvalue weighted by atomic mass is 127. The number of halogens is 2. The van der Waals surface area contributed by atoms with Gasteiger partial charge in [-0.25, -0.2) is 15.0 Å². The Kier molecular flexibility index (Phi) is 11.1. The molecule has 3 rings (SSSR count). The van der Waals surface area contributed by atoms with Crippen LogP contribution in [0.5, 0.6) is 17.2 Å². The van der Waals surface area contributed by atoms with Crippen LogP contribution in [0.15, 0.2) is 51.2 Å². The zero-order valence-corrected chi connectivity index (χ0v) is 25.4. The average Bonchev–Trinajstić information content (AvgIpc) is 2.91. The molecule has 0 aliphatic carbocycles. The van der Waals surface area contributed by atoms with Crippen molar-refractivity contribution in [1.29, 1.82) is 5.26 Å². The largest absolute Gasteiger partial charge is 0.493 e. The number of methoxy groups -OCH3 is 1. The van der Waals surface area contributed by atoms with E-state index in [4.69, 9.17) is 24.2 Å². The van der Waals surface area contributed by atoms with E-state index in [1.54, 1.807) is 44.2 Å². The minimum Gasteiger partial charge on any atom is -0.493 e. The number of carbonyl (C=O) groups excluding carboxylic acids is 3. The summed E-state index contributed by atoms with van der Waals surface area (Å²) in [5.74, 6) is 0.0387. The second-order valence-corrected chi connectivity index (χ2v) is 10.1. The van der Waals surface area contributed by atoms with Gasteiger partial charge >= 0.3 is 12.0 Å². The number of ether oxygens (including phenoxy) is 4. The van der Waals surface area contributed by atoms with Crippen LogP contribution < -0.4 is 30.3 Å². The molecule has 210 valence electrons. The van der Waals surface area contributed by atoms with E-state index in [2.05, 4.69) is 59.7 Å². The molecule has 12 nitrogen and oxygen atoms in total. The van der Waals surface area contributed by atoms with Crippen molar-refractivity contribution in [2.24, 2.45) is 5.10 Å². The molecular formula is C26H25BrIN5O7. The number of hydrogen-bond acceptors (Lipinski definition) is 9. The predicted molar refractivity (Wildman–Crippen MR) is 156 cm³/mol. The van der Waals surface area contributed by atoms with Gasteiger partial charge in [0.2, 0.25) is 0 Å². The highest BCUT2D eigenvalue weighted by molar-refractivity contribution is 14.1. The van der Waals surface area contributed by atoms with Gasteiger partial charge in [0.15, 0.2) is 24.7 Å². The predicted octanol–water partition coefficient (Wildman–Crippen LogP) is 3.68. The lowest BCUT2D eigenvalue weighted by Crippen LogP contribution is -2.45. The third-order valence-corrected chi connectivity index (χ3v) is 6.74. The fourth-order valence-electron chi connectivity index (χ4n) is 3.66. The van der Waals surface area contributed by atoms with Gasteiger partial charge < -0.3 is 29.6 Å². The number of carbonyl (C=O) groups is 3. The van der Waals surface area contributed by atoms with E-state index >= 15 is 0 Å². The third-order valence-electron chi connectivity index (χ3n) is 5.35. The van der Waals surface area contributed by atoms with E-state index in [1.807, 2.05) is 6.07 Å².